The molecule has 0 bridgehead atoms. The topological polar surface area (TPSA) is 27.7 Å². The van der Waals surface area contributed by atoms with E-state index in [0.717, 1.165) is 12.0 Å². The Morgan fingerprint density at radius 3 is 2.72 bits per heavy atom. The van der Waals surface area contributed by atoms with Gasteiger partial charge in [0.15, 0.2) is 12.1 Å². The summed E-state index contributed by atoms with van der Waals surface area (Å²) in [6.07, 6.45) is 2.48. The molecular weight excluding hydrogens is 228 g/mol. The highest BCUT2D eigenvalue weighted by atomic mass is 16.8. The van der Waals surface area contributed by atoms with Gasteiger partial charge in [0.05, 0.1) is 0 Å². The lowest BCUT2D eigenvalue weighted by Crippen LogP contribution is -2.32. The Labute approximate surface area is 108 Å². The van der Waals surface area contributed by atoms with Crippen molar-refractivity contribution in [3.63, 3.8) is 0 Å². The van der Waals surface area contributed by atoms with Crippen LogP contribution in [0.1, 0.15) is 18.1 Å². The van der Waals surface area contributed by atoms with Gasteiger partial charge in [0, 0.05) is 14.2 Å². The molecule has 1 aliphatic heterocycles. The van der Waals surface area contributed by atoms with Crippen LogP contribution in [0.2, 0.25) is 0 Å². The van der Waals surface area contributed by atoms with Crippen LogP contribution in [-0.4, -0.2) is 26.3 Å². The van der Waals surface area contributed by atoms with Crippen LogP contribution in [0.25, 0.3) is 0 Å². The zero-order valence-corrected chi connectivity index (χ0v) is 11.4. The Bertz CT molecular complexity index is 453. The van der Waals surface area contributed by atoms with Crippen molar-refractivity contribution >= 4 is 0 Å². The van der Waals surface area contributed by atoms with Gasteiger partial charge in [-0.3, -0.25) is 0 Å². The van der Waals surface area contributed by atoms with Gasteiger partial charge in [-0.05, 0) is 37.5 Å². The Morgan fingerprint density at radius 2 is 2.11 bits per heavy atom. The van der Waals surface area contributed by atoms with Gasteiger partial charge in [0.25, 0.3) is 0 Å². The average Bonchev–Trinajstić information content (AvgIpc) is 2.67. The molecule has 1 aliphatic rings. The normalized spacial score (nSPS) is 27.3. The Morgan fingerprint density at radius 1 is 1.33 bits per heavy atom. The van der Waals surface area contributed by atoms with Gasteiger partial charge in [-0.15, -0.1) is 0 Å². The number of hydrogen-bond donors (Lipinski definition) is 0. The summed E-state index contributed by atoms with van der Waals surface area (Å²) >= 11 is 0. The highest BCUT2D eigenvalue weighted by Crippen LogP contribution is 2.33. The molecule has 2 unspecified atom stereocenters. The molecule has 0 aromatic heterocycles. The number of hydrogen-bond acceptors (Lipinski definition) is 3. The maximum absolute atomic E-state index is 5.73. The van der Waals surface area contributed by atoms with Crippen LogP contribution < -0.4 is 0 Å². The van der Waals surface area contributed by atoms with Gasteiger partial charge in [-0.1, -0.05) is 29.8 Å². The second-order valence-corrected chi connectivity index (χ2v) is 4.73. The average molecular weight is 248 g/mol. The van der Waals surface area contributed by atoms with Gasteiger partial charge >= 0.3 is 0 Å². The second-order valence-electron chi connectivity index (χ2n) is 4.73. The molecule has 2 rings (SSSR count). The van der Waals surface area contributed by atoms with Gasteiger partial charge in [0.2, 0.25) is 0 Å². The number of ether oxygens (including phenoxy) is 3. The van der Waals surface area contributed by atoms with Crippen LogP contribution in [0.5, 0.6) is 0 Å². The van der Waals surface area contributed by atoms with E-state index in [4.69, 9.17) is 14.2 Å². The molecule has 0 fully saturated rings. The molecule has 0 saturated carbocycles. The van der Waals surface area contributed by atoms with Crippen molar-refractivity contribution in [2.75, 3.05) is 14.2 Å². The van der Waals surface area contributed by atoms with E-state index in [-0.39, 0.29) is 6.29 Å². The van der Waals surface area contributed by atoms with Crippen LogP contribution in [0.15, 0.2) is 35.9 Å². The zero-order chi connectivity index (χ0) is 13.2. The highest BCUT2D eigenvalue weighted by Gasteiger charge is 2.38. The molecule has 18 heavy (non-hydrogen) atoms. The van der Waals surface area contributed by atoms with Gasteiger partial charge in [-0.2, -0.15) is 0 Å². The van der Waals surface area contributed by atoms with Gasteiger partial charge < -0.3 is 14.2 Å². The Balaban J connectivity index is 2.21. The zero-order valence-electron chi connectivity index (χ0n) is 11.4. The summed E-state index contributed by atoms with van der Waals surface area (Å²) in [7, 11) is 3.29. The van der Waals surface area contributed by atoms with E-state index in [1.54, 1.807) is 14.2 Å². The first-order valence-electron chi connectivity index (χ1n) is 6.10. The molecule has 1 aromatic rings. The lowest BCUT2D eigenvalue weighted by molar-refractivity contribution is -0.237. The summed E-state index contributed by atoms with van der Waals surface area (Å²) < 4.78 is 16.4. The summed E-state index contributed by atoms with van der Waals surface area (Å²) in [6.45, 7) is 4.02. The van der Waals surface area contributed by atoms with Crippen molar-refractivity contribution in [3.8, 4) is 0 Å². The fourth-order valence-electron chi connectivity index (χ4n) is 2.20. The van der Waals surface area contributed by atoms with Crippen molar-refractivity contribution in [2.45, 2.75) is 32.3 Å². The smallest absolute Gasteiger partial charge is 0.191 e. The largest absolute Gasteiger partial charge is 0.352 e. The molecular formula is C15H20O3. The first-order valence-corrected chi connectivity index (χ1v) is 6.10. The Hall–Kier alpha value is -1.16. The maximum atomic E-state index is 5.73. The fourth-order valence-corrected chi connectivity index (χ4v) is 2.20. The lowest BCUT2D eigenvalue weighted by Gasteiger charge is -2.26. The fraction of sp³-hybridized carbons (Fsp3) is 0.467. The van der Waals surface area contributed by atoms with Crippen LogP contribution in [0.4, 0.5) is 0 Å². The molecule has 98 valence electrons. The van der Waals surface area contributed by atoms with Crippen molar-refractivity contribution in [1.29, 1.82) is 0 Å². The first kappa shape index (κ1) is 13.3. The van der Waals surface area contributed by atoms with E-state index >= 15 is 0 Å². The van der Waals surface area contributed by atoms with Gasteiger partial charge in [0.1, 0.15) is 0 Å². The minimum absolute atomic E-state index is 0.324. The highest BCUT2D eigenvalue weighted by molar-refractivity contribution is 5.30. The maximum Gasteiger partial charge on any atom is 0.191 e. The number of methoxy groups -OCH3 is 2. The molecule has 0 spiro atoms. The summed E-state index contributed by atoms with van der Waals surface area (Å²) in [6, 6.07) is 8.45. The van der Waals surface area contributed by atoms with Crippen LogP contribution in [-0.2, 0) is 20.6 Å². The van der Waals surface area contributed by atoms with Crippen LogP contribution in [0, 0.1) is 6.92 Å². The minimum atomic E-state index is -0.690. The third-order valence-electron chi connectivity index (χ3n) is 3.36. The van der Waals surface area contributed by atoms with E-state index in [2.05, 4.69) is 31.2 Å². The number of rotatable bonds is 4. The standard InChI is InChI=1S/C15H20O3/c1-11-6-5-7-12(8-11)9-13-10-14(16-3)18-15(13,2)17-4/h5-8,10,14H,9H2,1-4H3. The third kappa shape index (κ3) is 2.64. The van der Waals surface area contributed by atoms with E-state index in [0.29, 0.717) is 0 Å². The van der Waals surface area contributed by atoms with E-state index in [1.165, 1.54) is 11.1 Å². The van der Waals surface area contributed by atoms with Crippen LogP contribution >= 0.6 is 0 Å². The van der Waals surface area contributed by atoms with E-state index in [9.17, 15) is 0 Å². The summed E-state index contributed by atoms with van der Waals surface area (Å²) in [4.78, 5) is 0. The minimum Gasteiger partial charge on any atom is -0.352 e. The molecule has 1 heterocycles. The molecule has 0 saturated heterocycles. The molecule has 0 N–H and O–H groups in total. The Kier molecular flexibility index (Phi) is 3.85. The summed E-state index contributed by atoms with van der Waals surface area (Å²) in [5.41, 5.74) is 3.61. The summed E-state index contributed by atoms with van der Waals surface area (Å²) in [5.74, 6) is -0.690. The lowest BCUT2D eigenvalue weighted by atomic mass is 9.98. The van der Waals surface area contributed by atoms with E-state index in [1.807, 2.05) is 13.0 Å². The van der Waals surface area contributed by atoms with Crippen molar-refractivity contribution < 1.29 is 14.2 Å². The van der Waals surface area contributed by atoms with E-state index < -0.39 is 5.79 Å². The monoisotopic (exact) mass is 248 g/mol. The number of benzene rings is 1. The number of aryl methyl sites for hydroxylation is 1. The predicted octanol–water partition coefficient (Wildman–Crippen LogP) is 2.83. The molecule has 0 aliphatic carbocycles. The predicted molar refractivity (Wildman–Crippen MR) is 70.3 cm³/mol. The van der Waals surface area contributed by atoms with Crippen LogP contribution in [0.3, 0.4) is 0 Å². The van der Waals surface area contributed by atoms with Crippen molar-refractivity contribution in [2.24, 2.45) is 0 Å². The third-order valence-corrected chi connectivity index (χ3v) is 3.36. The molecule has 3 nitrogen and oxygen atoms in total. The quantitative estimate of drug-likeness (QED) is 0.767. The molecule has 0 amide bonds. The summed E-state index contributed by atoms with van der Waals surface area (Å²) in [5, 5.41) is 0. The molecule has 0 radical (unpaired) electrons. The van der Waals surface area contributed by atoms with Gasteiger partial charge in [-0.25, -0.2) is 0 Å². The molecule has 3 heteroatoms. The van der Waals surface area contributed by atoms with Crippen molar-refractivity contribution in [3.05, 3.63) is 47.0 Å². The first-order chi connectivity index (χ1) is 8.57. The SMILES string of the molecule is COC1C=C(Cc2cccc(C)c2)C(C)(OC)O1. The molecule has 2 atom stereocenters. The second kappa shape index (κ2) is 5.22. The molecule has 1 aromatic carbocycles. The van der Waals surface area contributed by atoms with Crippen molar-refractivity contribution in [1.82, 2.24) is 0 Å².